The van der Waals surface area contributed by atoms with Crippen LogP contribution in [0.15, 0.2) is 0 Å². The quantitative estimate of drug-likeness (QED) is 0.0348. The highest BCUT2D eigenvalue weighted by atomic mass is 31.2. The SMILES string of the molecule is CCCCOC(=O)C(CCC(=O)OCOC(=O)CNC(=O)CC[C@@H](C)C1CCC2C3CC[C@@H]4C[C@H](O)CC[C@]4(C)C3C[C@H](O)[C@@]21C)CP(=O)(OCCCC)OCCCC. The van der Waals surface area contributed by atoms with E-state index in [-0.39, 0.29) is 86.7 Å². The average Bonchev–Trinajstić information content (AvgIpc) is 3.57. The summed E-state index contributed by atoms with van der Waals surface area (Å²) in [5, 5.41) is 24.9. The van der Waals surface area contributed by atoms with E-state index in [9.17, 15) is 34.0 Å². The van der Waals surface area contributed by atoms with Gasteiger partial charge in [-0.25, -0.2) is 0 Å². The lowest BCUT2D eigenvalue weighted by Gasteiger charge is -2.62. The molecule has 0 radical (unpaired) electrons. The van der Waals surface area contributed by atoms with Crippen LogP contribution < -0.4 is 5.32 Å². The summed E-state index contributed by atoms with van der Waals surface area (Å²) in [5.41, 5.74) is -0.00757. The third kappa shape index (κ3) is 13.2. The zero-order chi connectivity index (χ0) is 43.2. The van der Waals surface area contributed by atoms with Crippen LogP contribution in [0.3, 0.4) is 0 Å². The summed E-state index contributed by atoms with van der Waals surface area (Å²) in [6, 6.07) is 0. The van der Waals surface area contributed by atoms with Crippen LogP contribution in [0.2, 0.25) is 0 Å². The lowest BCUT2D eigenvalue weighted by Crippen LogP contribution is -2.58. The molecule has 59 heavy (non-hydrogen) atoms. The Morgan fingerprint density at radius 2 is 1.44 bits per heavy atom. The van der Waals surface area contributed by atoms with E-state index < -0.39 is 38.2 Å². The number of amides is 1. The van der Waals surface area contributed by atoms with Crippen molar-refractivity contribution in [3.8, 4) is 0 Å². The van der Waals surface area contributed by atoms with Gasteiger partial charge in [-0.1, -0.05) is 60.8 Å². The maximum Gasteiger partial charge on any atom is 0.331 e. The Morgan fingerprint density at radius 3 is 2.12 bits per heavy atom. The van der Waals surface area contributed by atoms with Crippen molar-refractivity contribution >= 4 is 31.4 Å². The van der Waals surface area contributed by atoms with Crippen molar-refractivity contribution in [1.82, 2.24) is 5.32 Å². The number of carbonyl (C=O) groups excluding carboxylic acids is 4. The molecule has 0 aliphatic heterocycles. The molecule has 11 atom stereocenters. The number of nitrogens with one attached hydrogen (secondary N) is 1. The predicted molar refractivity (Wildman–Crippen MR) is 224 cm³/mol. The second kappa shape index (κ2) is 23.4. The van der Waals surface area contributed by atoms with Crippen LogP contribution in [-0.4, -0.2) is 85.6 Å². The zero-order valence-electron chi connectivity index (χ0n) is 37.1. The van der Waals surface area contributed by atoms with Gasteiger partial charge in [0.15, 0.2) is 0 Å². The number of aliphatic hydroxyl groups excluding tert-OH is 2. The molecular formula is C45H78NO12P. The first-order chi connectivity index (χ1) is 28.1. The fourth-order valence-electron chi connectivity index (χ4n) is 11.4. The molecule has 4 aliphatic carbocycles. The highest BCUT2D eigenvalue weighted by Crippen LogP contribution is 2.68. The normalized spacial score (nSPS) is 31.2. The Hall–Kier alpha value is -2.05. The van der Waals surface area contributed by atoms with Crippen molar-refractivity contribution in [3.05, 3.63) is 0 Å². The molecule has 4 saturated carbocycles. The van der Waals surface area contributed by atoms with Crippen molar-refractivity contribution in [2.24, 2.45) is 52.3 Å². The topological polar surface area (TPSA) is 184 Å². The van der Waals surface area contributed by atoms with Gasteiger partial charge in [-0.05, 0) is 130 Å². The molecule has 4 rings (SSSR count). The van der Waals surface area contributed by atoms with Gasteiger partial charge < -0.3 is 38.8 Å². The van der Waals surface area contributed by atoms with Gasteiger partial charge in [0.2, 0.25) is 12.7 Å². The van der Waals surface area contributed by atoms with Crippen LogP contribution in [0.5, 0.6) is 0 Å². The molecule has 0 aromatic rings. The molecule has 0 spiro atoms. The van der Waals surface area contributed by atoms with Crippen LogP contribution in [0.1, 0.15) is 157 Å². The van der Waals surface area contributed by atoms with Crippen LogP contribution in [0.25, 0.3) is 0 Å². The van der Waals surface area contributed by atoms with Crippen LogP contribution in [-0.2, 0) is 47.0 Å². The number of rotatable bonds is 25. The van der Waals surface area contributed by atoms with E-state index in [0.717, 1.165) is 64.2 Å². The second-order valence-corrected chi connectivity index (χ2v) is 20.9. The van der Waals surface area contributed by atoms with E-state index in [1.165, 1.54) is 6.42 Å². The van der Waals surface area contributed by atoms with E-state index in [1.807, 2.05) is 20.8 Å². The van der Waals surface area contributed by atoms with E-state index in [2.05, 4.69) is 26.1 Å². The molecule has 4 fully saturated rings. The molecule has 340 valence electrons. The number of fused-ring (bicyclic) bond motifs is 5. The van der Waals surface area contributed by atoms with Crippen molar-refractivity contribution in [2.75, 3.05) is 39.3 Å². The molecule has 3 N–H and O–H groups in total. The highest BCUT2D eigenvalue weighted by Gasteiger charge is 2.63. The molecule has 4 aliphatic rings. The third-order valence-corrected chi connectivity index (χ3v) is 17.0. The number of hydrogen-bond donors (Lipinski definition) is 3. The summed E-state index contributed by atoms with van der Waals surface area (Å²) in [6.45, 7) is 12.5. The largest absolute Gasteiger partial charge is 0.465 e. The molecule has 0 heterocycles. The minimum Gasteiger partial charge on any atom is -0.465 e. The molecule has 0 aromatic heterocycles. The highest BCUT2D eigenvalue weighted by molar-refractivity contribution is 7.53. The van der Waals surface area contributed by atoms with Gasteiger partial charge in [-0.15, -0.1) is 0 Å². The molecule has 0 saturated heterocycles. The standard InChI is InChI=1S/C45H78NO12P/c1-7-10-23-54-43(52)32(29-59(53,57-24-11-8-2)58-25-12-9-3)14-20-41(50)55-30-56-42(51)28-46-40(49)19-13-31(4)36-17-18-37-35-16-15-33-26-34(47)21-22-44(33,5)38(35)27-39(48)45(36,37)6/h31-39,47-48H,7-30H2,1-6H3,(H,46,49)/t31-,32?,33-,34-,35?,36?,37?,38?,39+,44+,45-/m1/s1. The molecule has 14 heteroatoms. The van der Waals surface area contributed by atoms with Gasteiger partial charge in [-0.3, -0.25) is 23.7 Å². The van der Waals surface area contributed by atoms with Gasteiger partial charge in [0.1, 0.15) is 6.54 Å². The monoisotopic (exact) mass is 856 g/mol. The average molecular weight is 856 g/mol. The number of aliphatic hydroxyl groups is 2. The van der Waals surface area contributed by atoms with Gasteiger partial charge in [0, 0.05) is 12.8 Å². The third-order valence-electron chi connectivity index (χ3n) is 15.0. The van der Waals surface area contributed by atoms with Crippen LogP contribution in [0, 0.1) is 52.3 Å². The minimum atomic E-state index is -3.65. The zero-order valence-corrected chi connectivity index (χ0v) is 38.0. The molecule has 1 amide bonds. The van der Waals surface area contributed by atoms with Gasteiger partial charge >= 0.3 is 25.5 Å². The number of hydrogen-bond acceptors (Lipinski definition) is 12. The molecule has 0 bridgehead atoms. The minimum absolute atomic E-state index is 0.0170. The van der Waals surface area contributed by atoms with Crippen LogP contribution >= 0.6 is 7.60 Å². The van der Waals surface area contributed by atoms with E-state index in [1.54, 1.807) is 0 Å². The Kier molecular flexibility index (Phi) is 19.7. The van der Waals surface area contributed by atoms with Crippen molar-refractivity contribution < 1.29 is 57.2 Å². The van der Waals surface area contributed by atoms with Crippen molar-refractivity contribution in [1.29, 1.82) is 0 Å². The Balaban J connectivity index is 1.18. The van der Waals surface area contributed by atoms with Gasteiger partial charge in [0.05, 0.1) is 44.1 Å². The Bertz CT molecular complexity index is 1400. The second-order valence-electron chi connectivity index (χ2n) is 18.8. The van der Waals surface area contributed by atoms with E-state index in [0.29, 0.717) is 55.3 Å². The molecule has 5 unspecified atom stereocenters. The maximum atomic E-state index is 13.6. The van der Waals surface area contributed by atoms with Gasteiger partial charge in [-0.2, -0.15) is 0 Å². The van der Waals surface area contributed by atoms with Crippen molar-refractivity contribution in [2.45, 2.75) is 169 Å². The number of esters is 3. The summed E-state index contributed by atoms with van der Waals surface area (Å²) in [7, 11) is -3.65. The lowest BCUT2D eigenvalue weighted by atomic mass is 9.43. The fraction of sp³-hybridized carbons (Fsp3) is 0.911. The summed E-state index contributed by atoms with van der Waals surface area (Å²) >= 11 is 0. The molecular weight excluding hydrogens is 777 g/mol. The van der Waals surface area contributed by atoms with Crippen molar-refractivity contribution in [3.63, 3.8) is 0 Å². The first kappa shape index (κ1) is 49.6. The maximum absolute atomic E-state index is 13.6. The fourth-order valence-corrected chi connectivity index (χ4v) is 13.4. The predicted octanol–water partition coefficient (Wildman–Crippen LogP) is 8.12. The van der Waals surface area contributed by atoms with E-state index in [4.69, 9.17) is 23.3 Å². The number of ether oxygens (including phenoxy) is 3. The number of unbranched alkanes of at least 4 members (excludes halogenated alkanes) is 3. The lowest BCUT2D eigenvalue weighted by molar-refractivity contribution is -0.175. The summed E-state index contributed by atoms with van der Waals surface area (Å²) < 4.78 is 40.5. The molecule has 0 aromatic carbocycles. The molecule has 13 nitrogen and oxygen atoms in total. The first-order valence-electron chi connectivity index (χ1n) is 23.1. The summed E-state index contributed by atoms with van der Waals surface area (Å²) in [6.07, 6.45) is 12.5. The Labute approximate surface area is 354 Å². The smallest absolute Gasteiger partial charge is 0.331 e. The summed E-state index contributed by atoms with van der Waals surface area (Å²) in [5.74, 6) is -0.640. The first-order valence-corrected chi connectivity index (χ1v) is 24.8. The number of carbonyl (C=O) groups is 4. The Morgan fingerprint density at radius 1 is 0.780 bits per heavy atom. The van der Waals surface area contributed by atoms with Gasteiger partial charge in [0.25, 0.3) is 0 Å². The van der Waals surface area contributed by atoms with E-state index >= 15 is 0 Å². The summed E-state index contributed by atoms with van der Waals surface area (Å²) in [4.78, 5) is 50.9. The van der Waals surface area contributed by atoms with Crippen LogP contribution in [0.4, 0.5) is 0 Å².